The van der Waals surface area contributed by atoms with Gasteiger partial charge in [0.15, 0.2) is 5.82 Å². The van der Waals surface area contributed by atoms with Crippen LogP contribution in [0.15, 0.2) is 34.9 Å². The van der Waals surface area contributed by atoms with Gasteiger partial charge in [0, 0.05) is 17.9 Å². The van der Waals surface area contributed by atoms with E-state index in [4.69, 9.17) is 4.52 Å². The molecule has 1 unspecified atom stereocenters. The van der Waals surface area contributed by atoms with Crippen LogP contribution in [0.25, 0.3) is 0 Å². The molecule has 2 heterocycles. The number of piperidine rings is 1. The van der Waals surface area contributed by atoms with Gasteiger partial charge in [-0.15, -0.1) is 0 Å². The van der Waals surface area contributed by atoms with Crippen molar-refractivity contribution in [2.24, 2.45) is 0 Å². The molecule has 0 spiro atoms. The molecular weight excluding hydrogens is 274 g/mol. The Morgan fingerprint density at radius 1 is 1.27 bits per heavy atom. The third-order valence-electron chi connectivity index (χ3n) is 5.02. The number of likely N-dealkylation sites (tertiary alicyclic amines) is 1. The second kappa shape index (κ2) is 5.51. The van der Waals surface area contributed by atoms with Crippen LogP contribution in [0, 0.1) is 0 Å². The monoisotopic (exact) mass is 297 g/mol. The van der Waals surface area contributed by atoms with Gasteiger partial charge in [-0.3, -0.25) is 4.90 Å². The van der Waals surface area contributed by atoms with E-state index in [1.54, 1.807) is 0 Å². The van der Waals surface area contributed by atoms with Crippen LogP contribution < -0.4 is 0 Å². The largest absolute Gasteiger partial charge is 0.339 e. The van der Waals surface area contributed by atoms with E-state index in [9.17, 15) is 0 Å². The Morgan fingerprint density at radius 2 is 2.09 bits per heavy atom. The van der Waals surface area contributed by atoms with Crippen molar-refractivity contribution in [2.45, 2.75) is 50.5 Å². The molecule has 0 amide bonds. The van der Waals surface area contributed by atoms with Crippen molar-refractivity contribution in [3.8, 4) is 0 Å². The molecule has 22 heavy (non-hydrogen) atoms. The normalized spacial score (nSPS) is 26.2. The van der Waals surface area contributed by atoms with Crippen LogP contribution in [0.1, 0.15) is 55.8 Å². The van der Waals surface area contributed by atoms with E-state index in [2.05, 4.69) is 52.3 Å². The maximum Gasteiger partial charge on any atom is 0.229 e. The smallest absolute Gasteiger partial charge is 0.229 e. The molecule has 2 aromatic rings. The summed E-state index contributed by atoms with van der Waals surface area (Å²) in [5.74, 6) is 2.23. The molecule has 4 heteroatoms. The lowest BCUT2D eigenvalue weighted by molar-refractivity contribution is 0.145. The fourth-order valence-electron chi connectivity index (χ4n) is 3.58. The second-order valence-electron chi connectivity index (χ2n) is 7.06. The summed E-state index contributed by atoms with van der Waals surface area (Å²) in [4.78, 5) is 7.04. The quantitative estimate of drug-likeness (QED) is 0.866. The molecular formula is C18H23N3O. The van der Waals surface area contributed by atoms with Gasteiger partial charge < -0.3 is 4.52 Å². The minimum Gasteiger partial charge on any atom is -0.339 e. The summed E-state index contributed by atoms with van der Waals surface area (Å²) in [5, 5.41) is 4.16. The molecule has 0 bridgehead atoms. The molecule has 4 rings (SSSR count). The standard InChI is InChI=1S/C18H23N3O/c1-18(15-6-3-2-4-7-15)10-5-11-21(13-18)12-16-19-17(22-20-16)14-8-9-14/h2-4,6-7,14H,5,8-13H2,1H3. The highest BCUT2D eigenvalue weighted by Gasteiger charge is 2.34. The van der Waals surface area contributed by atoms with Gasteiger partial charge in [-0.1, -0.05) is 42.4 Å². The maximum absolute atomic E-state index is 5.38. The molecule has 0 N–H and O–H groups in total. The van der Waals surface area contributed by atoms with Crippen molar-refractivity contribution < 1.29 is 4.52 Å². The van der Waals surface area contributed by atoms with Crippen LogP contribution in [-0.4, -0.2) is 28.1 Å². The molecule has 1 aromatic carbocycles. The predicted octanol–water partition coefficient (Wildman–Crippen LogP) is 3.50. The Morgan fingerprint density at radius 3 is 2.86 bits per heavy atom. The van der Waals surface area contributed by atoms with E-state index in [0.29, 0.717) is 5.92 Å². The van der Waals surface area contributed by atoms with Crippen molar-refractivity contribution in [3.63, 3.8) is 0 Å². The van der Waals surface area contributed by atoms with Crippen LogP contribution in [-0.2, 0) is 12.0 Å². The first-order valence-electron chi connectivity index (χ1n) is 8.33. The van der Waals surface area contributed by atoms with Gasteiger partial charge in [-0.25, -0.2) is 0 Å². The highest BCUT2D eigenvalue weighted by molar-refractivity contribution is 5.25. The number of hydrogen-bond acceptors (Lipinski definition) is 4. The number of hydrogen-bond donors (Lipinski definition) is 0. The summed E-state index contributed by atoms with van der Waals surface area (Å²) in [6.45, 7) is 5.36. The van der Waals surface area contributed by atoms with Gasteiger partial charge in [-0.05, 0) is 37.8 Å². The Kier molecular flexibility index (Phi) is 3.49. The number of nitrogens with zero attached hydrogens (tertiary/aromatic N) is 3. The van der Waals surface area contributed by atoms with Gasteiger partial charge in [0.05, 0.1) is 6.54 Å². The zero-order chi connectivity index (χ0) is 15.0. The maximum atomic E-state index is 5.38. The molecule has 1 saturated carbocycles. The summed E-state index contributed by atoms with van der Waals surface area (Å²) in [6, 6.07) is 10.9. The summed E-state index contributed by atoms with van der Waals surface area (Å²) >= 11 is 0. The van der Waals surface area contributed by atoms with E-state index in [1.165, 1.54) is 31.2 Å². The van der Waals surface area contributed by atoms with Gasteiger partial charge in [0.2, 0.25) is 5.89 Å². The molecule has 116 valence electrons. The van der Waals surface area contributed by atoms with Crippen LogP contribution in [0.2, 0.25) is 0 Å². The zero-order valence-electron chi connectivity index (χ0n) is 13.2. The fraction of sp³-hybridized carbons (Fsp3) is 0.556. The molecule has 2 aliphatic rings. The molecule has 4 nitrogen and oxygen atoms in total. The van der Waals surface area contributed by atoms with Crippen LogP contribution in [0.4, 0.5) is 0 Å². The van der Waals surface area contributed by atoms with E-state index >= 15 is 0 Å². The first kappa shape index (κ1) is 13.9. The van der Waals surface area contributed by atoms with E-state index in [-0.39, 0.29) is 5.41 Å². The number of aromatic nitrogens is 2. The summed E-state index contributed by atoms with van der Waals surface area (Å²) in [7, 11) is 0. The van der Waals surface area contributed by atoms with Crippen molar-refractivity contribution >= 4 is 0 Å². The Hall–Kier alpha value is -1.68. The molecule has 0 radical (unpaired) electrons. The second-order valence-corrected chi connectivity index (χ2v) is 7.06. The lowest BCUT2D eigenvalue weighted by Gasteiger charge is -2.40. The average molecular weight is 297 g/mol. The first-order valence-corrected chi connectivity index (χ1v) is 8.33. The fourth-order valence-corrected chi connectivity index (χ4v) is 3.58. The Labute approximate surface area is 131 Å². The molecule has 1 aliphatic carbocycles. The minimum atomic E-state index is 0.225. The number of benzene rings is 1. The molecule has 1 saturated heterocycles. The molecule has 1 aromatic heterocycles. The van der Waals surface area contributed by atoms with Crippen molar-refractivity contribution in [3.05, 3.63) is 47.6 Å². The van der Waals surface area contributed by atoms with Crippen molar-refractivity contribution in [2.75, 3.05) is 13.1 Å². The lowest BCUT2D eigenvalue weighted by atomic mass is 9.76. The minimum absolute atomic E-state index is 0.225. The summed E-state index contributed by atoms with van der Waals surface area (Å²) < 4.78 is 5.38. The van der Waals surface area contributed by atoms with Crippen LogP contribution in [0.3, 0.4) is 0 Å². The topological polar surface area (TPSA) is 42.2 Å². The molecule has 1 aliphatic heterocycles. The van der Waals surface area contributed by atoms with E-state index in [1.807, 2.05) is 0 Å². The SMILES string of the molecule is CC1(c2ccccc2)CCCN(Cc2noc(C3CC3)n2)C1. The highest BCUT2D eigenvalue weighted by Crippen LogP contribution is 2.39. The lowest BCUT2D eigenvalue weighted by Crippen LogP contribution is -2.44. The summed E-state index contributed by atoms with van der Waals surface area (Å²) in [6.07, 6.45) is 4.88. The van der Waals surface area contributed by atoms with Gasteiger partial charge in [-0.2, -0.15) is 4.98 Å². The van der Waals surface area contributed by atoms with Gasteiger partial charge in [0.1, 0.15) is 0 Å². The number of rotatable bonds is 4. The van der Waals surface area contributed by atoms with Crippen LogP contribution in [0.5, 0.6) is 0 Å². The molecule has 1 atom stereocenters. The molecule has 2 fully saturated rings. The highest BCUT2D eigenvalue weighted by atomic mass is 16.5. The first-order chi connectivity index (χ1) is 10.7. The summed E-state index contributed by atoms with van der Waals surface area (Å²) in [5.41, 5.74) is 1.66. The van der Waals surface area contributed by atoms with Crippen molar-refractivity contribution in [1.82, 2.24) is 15.0 Å². The van der Waals surface area contributed by atoms with Crippen molar-refractivity contribution in [1.29, 1.82) is 0 Å². The van der Waals surface area contributed by atoms with E-state index in [0.717, 1.165) is 31.3 Å². The average Bonchev–Trinajstić information content (AvgIpc) is 3.29. The van der Waals surface area contributed by atoms with E-state index < -0.39 is 0 Å². The van der Waals surface area contributed by atoms with Crippen LogP contribution >= 0.6 is 0 Å². The Bertz CT molecular complexity index is 635. The Balaban J connectivity index is 1.46. The third kappa shape index (κ3) is 2.80. The third-order valence-corrected chi connectivity index (χ3v) is 5.02. The predicted molar refractivity (Wildman–Crippen MR) is 84.6 cm³/mol. The van der Waals surface area contributed by atoms with Gasteiger partial charge >= 0.3 is 0 Å². The van der Waals surface area contributed by atoms with Gasteiger partial charge in [0.25, 0.3) is 0 Å². The zero-order valence-corrected chi connectivity index (χ0v) is 13.2.